The second kappa shape index (κ2) is 17.1. The first-order valence-corrected chi connectivity index (χ1v) is 8.24. The van der Waals surface area contributed by atoms with Gasteiger partial charge in [-0.15, -0.1) is 11.8 Å². The summed E-state index contributed by atoms with van der Waals surface area (Å²) in [5.74, 6) is 6.58. The molecule has 1 nitrogen and oxygen atoms in total. The number of hydrogen-bond acceptors (Lipinski definition) is 1. The Balaban J connectivity index is 3.06. The van der Waals surface area contributed by atoms with Crippen molar-refractivity contribution in [1.82, 2.24) is 0 Å². The van der Waals surface area contributed by atoms with E-state index >= 15 is 0 Å². The maximum atomic E-state index is 8.41. The lowest BCUT2D eigenvalue weighted by atomic mass is 10.1. The number of rotatable bonds is 12. The smallest absolute Gasteiger partial charge is 0.0621 e. The fraction of sp³-hybridized carbons (Fsp3) is 0.833. The molecule has 0 N–H and O–H groups in total. The Kier molecular flexibility index (Phi) is 16.2. The Hall–Kier alpha value is -0.950. The predicted molar refractivity (Wildman–Crippen MR) is 83.7 cm³/mol. The maximum Gasteiger partial charge on any atom is 0.0621 e. The van der Waals surface area contributed by atoms with Crippen LogP contribution in [0.2, 0.25) is 0 Å². The van der Waals surface area contributed by atoms with Gasteiger partial charge in [-0.05, 0) is 19.3 Å². The zero-order valence-corrected chi connectivity index (χ0v) is 12.8. The molecule has 0 amide bonds. The molecule has 0 fully saturated rings. The van der Waals surface area contributed by atoms with Gasteiger partial charge in [0, 0.05) is 19.3 Å². The minimum absolute atomic E-state index is 0.730. The van der Waals surface area contributed by atoms with E-state index in [1.54, 1.807) is 0 Å². The van der Waals surface area contributed by atoms with E-state index < -0.39 is 0 Å². The fourth-order valence-electron chi connectivity index (χ4n) is 2.12. The van der Waals surface area contributed by atoms with Gasteiger partial charge in [-0.25, -0.2) is 0 Å². The first-order chi connectivity index (χ1) is 9.41. The molecule has 0 aliphatic rings. The molecule has 0 heterocycles. The van der Waals surface area contributed by atoms with E-state index in [2.05, 4.69) is 24.8 Å². The molecule has 19 heavy (non-hydrogen) atoms. The van der Waals surface area contributed by atoms with Crippen molar-refractivity contribution in [3.8, 4) is 17.9 Å². The van der Waals surface area contributed by atoms with E-state index in [1.165, 1.54) is 64.2 Å². The normalized spacial score (nSPS) is 9.68. The molecule has 0 saturated heterocycles. The van der Waals surface area contributed by atoms with Crippen molar-refractivity contribution in [2.45, 2.75) is 96.8 Å². The topological polar surface area (TPSA) is 23.8 Å². The van der Waals surface area contributed by atoms with Crippen LogP contribution in [-0.4, -0.2) is 0 Å². The van der Waals surface area contributed by atoms with Crippen LogP contribution in [0.25, 0.3) is 0 Å². The summed E-state index contributed by atoms with van der Waals surface area (Å²) < 4.78 is 0. The molecule has 108 valence electrons. The van der Waals surface area contributed by atoms with Gasteiger partial charge in [-0.2, -0.15) is 5.26 Å². The van der Waals surface area contributed by atoms with E-state index in [0.29, 0.717) is 0 Å². The summed E-state index contributed by atoms with van der Waals surface area (Å²) >= 11 is 0. The second-order valence-corrected chi connectivity index (χ2v) is 5.30. The van der Waals surface area contributed by atoms with Gasteiger partial charge in [-0.1, -0.05) is 58.3 Å². The minimum atomic E-state index is 0.730. The number of nitriles is 1. The molecule has 0 aliphatic heterocycles. The van der Waals surface area contributed by atoms with Crippen molar-refractivity contribution in [1.29, 1.82) is 5.26 Å². The van der Waals surface area contributed by atoms with Gasteiger partial charge < -0.3 is 0 Å². The van der Waals surface area contributed by atoms with E-state index in [0.717, 1.165) is 25.7 Å². The summed E-state index contributed by atoms with van der Waals surface area (Å²) in [7, 11) is 0. The first-order valence-electron chi connectivity index (χ1n) is 8.24. The molecule has 0 aliphatic carbocycles. The summed E-state index contributed by atoms with van der Waals surface area (Å²) in [6, 6.07) is 2.20. The van der Waals surface area contributed by atoms with Gasteiger partial charge in [0.05, 0.1) is 6.07 Å². The molecule has 0 radical (unpaired) electrons. The first kappa shape index (κ1) is 18.0. The van der Waals surface area contributed by atoms with Crippen molar-refractivity contribution >= 4 is 0 Å². The molecule has 0 rings (SSSR count). The Morgan fingerprint density at radius 3 is 1.47 bits per heavy atom. The molecule has 0 spiro atoms. The summed E-state index contributed by atoms with van der Waals surface area (Å²) in [6.45, 7) is 2.25. The quantitative estimate of drug-likeness (QED) is 0.312. The van der Waals surface area contributed by atoms with Crippen LogP contribution in [0.5, 0.6) is 0 Å². The molecule has 0 aromatic carbocycles. The molecule has 1 heteroatoms. The van der Waals surface area contributed by atoms with Gasteiger partial charge in [0.2, 0.25) is 0 Å². The highest BCUT2D eigenvalue weighted by Crippen LogP contribution is 2.09. The minimum Gasteiger partial charge on any atom is -0.198 e. The molecular weight excluding hydrogens is 230 g/mol. The van der Waals surface area contributed by atoms with Gasteiger partial charge in [-0.3, -0.25) is 0 Å². The largest absolute Gasteiger partial charge is 0.198 e. The van der Waals surface area contributed by atoms with E-state index in [-0.39, 0.29) is 0 Å². The highest BCUT2D eigenvalue weighted by atomic mass is 14.2. The Bertz CT molecular complexity index is 264. The van der Waals surface area contributed by atoms with Gasteiger partial charge >= 0.3 is 0 Å². The zero-order chi connectivity index (χ0) is 14.0. The van der Waals surface area contributed by atoms with Gasteiger partial charge in [0.15, 0.2) is 0 Å². The number of unbranched alkanes of at least 4 members (excludes halogenated alkanes) is 12. The van der Waals surface area contributed by atoms with Crippen LogP contribution in [0.4, 0.5) is 0 Å². The van der Waals surface area contributed by atoms with Crippen molar-refractivity contribution in [2.75, 3.05) is 0 Å². The highest BCUT2D eigenvalue weighted by Gasteiger charge is 1.91. The van der Waals surface area contributed by atoms with E-state index in [4.69, 9.17) is 5.26 Å². The van der Waals surface area contributed by atoms with Crippen LogP contribution in [-0.2, 0) is 0 Å². The van der Waals surface area contributed by atoms with Crippen LogP contribution in [0.15, 0.2) is 0 Å². The van der Waals surface area contributed by atoms with Gasteiger partial charge in [0.25, 0.3) is 0 Å². The number of hydrogen-bond donors (Lipinski definition) is 0. The summed E-state index contributed by atoms with van der Waals surface area (Å²) in [5, 5.41) is 8.41. The van der Waals surface area contributed by atoms with E-state index in [1.807, 2.05) is 0 Å². The summed E-state index contributed by atoms with van der Waals surface area (Å²) in [5.41, 5.74) is 0. The Morgan fingerprint density at radius 2 is 1.00 bits per heavy atom. The molecule has 0 aromatic heterocycles. The standard InChI is InChI=1S/C18H31N/c1-2-3-4-5-6-7-8-9-10-11-12-13-14-15-16-17-18-19/h2-6,9-17H2,1H3. The van der Waals surface area contributed by atoms with Crippen molar-refractivity contribution in [3.63, 3.8) is 0 Å². The van der Waals surface area contributed by atoms with Gasteiger partial charge in [0.1, 0.15) is 0 Å². The molecule has 0 aromatic rings. The highest BCUT2D eigenvalue weighted by molar-refractivity contribution is 4.98. The van der Waals surface area contributed by atoms with Crippen LogP contribution >= 0.6 is 0 Å². The predicted octanol–water partition coefficient (Wildman–Crippen LogP) is 5.99. The molecule has 0 unspecified atom stereocenters. The second-order valence-electron chi connectivity index (χ2n) is 5.30. The SMILES string of the molecule is CCCCCCC#CCCCCCCCCCC#N. The Morgan fingerprint density at radius 1 is 0.579 bits per heavy atom. The zero-order valence-electron chi connectivity index (χ0n) is 12.8. The lowest BCUT2D eigenvalue weighted by molar-refractivity contribution is 0.586. The van der Waals surface area contributed by atoms with Crippen LogP contribution in [0.1, 0.15) is 96.8 Å². The third-order valence-corrected chi connectivity index (χ3v) is 3.37. The summed E-state index contributed by atoms with van der Waals surface area (Å²) in [6.07, 6.45) is 17.1. The monoisotopic (exact) mass is 261 g/mol. The van der Waals surface area contributed by atoms with Crippen molar-refractivity contribution in [2.24, 2.45) is 0 Å². The van der Waals surface area contributed by atoms with Crippen LogP contribution in [0, 0.1) is 23.2 Å². The summed E-state index contributed by atoms with van der Waals surface area (Å²) in [4.78, 5) is 0. The maximum absolute atomic E-state index is 8.41. The lowest BCUT2D eigenvalue weighted by Gasteiger charge is -1.98. The average Bonchev–Trinajstić information content (AvgIpc) is 2.43. The van der Waals surface area contributed by atoms with Crippen LogP contribution < -0.4 is 0 Å². The molecule has 0 atom stereocenters. The van der Waals surface area contributed by atoms with Crippen LogP contribution in [0.3, 0.4) is 0 Å². The number of nitrogens with zero attached hydrogens (tertiary/aromatic N) is 1. The molecular formula is C18H31N. The average molecular weight is 261 g/mol. The third-order valence-electron chi connectivity index (χ3n) is 3.37. The van der Waals surface area contributed by atoms with Crippen molar-refractivity contribution in [3.05, 3.63) is 0 Å². The molecule has 0 saturated carbocycles. The fourth-order valence-corrected chi connectivity index (χ4v) is 2.12. The Labute approximate surface area is 120 Å². The van der Waals surface area contributed by atoms with Crippen molar-refractivity contribution < 1.29 is 0 Å². The molecule has 0 bridgehead atoms. The lowest BCUT2D eigenvalue weighted by Crippen LogP contribution is -1.80. The third kappa shape index (κ3) is 17.1. The van der Waals surface area contributed by atoms with E-state index in [9.17, 15) is 0 Å².